The van der Waals surface area contributed by atoms with Crippen molar-refractivity contribution in [1.29, 1.82) is 0 Å². The minimum atomic E-state index is 0.636. The van der Waals surface area contributed by atoms with Crippen molar-refractivity contribution < 1.29 is 4.42 Å². The van der Waals surface area contributed by atoms with E-state index in [0.717, 1.165) is 42.6 Å². The molecule has 2 aromatic heterocycles. The second kappa shape index (κ2) is 5.86. The Morgan fingerprint density at radius 2 is 2.47 bits per heavy atom. The van der Waals surface area contributed by atoms with E-state index < -0.39 is 0 Å². The number of piperidine rings is 1. The second-order valence-corrected chi connectivity index (χ2v) is 6.05. The van der Waals surface area contributed by atoms with Gasteiger partial charge in [0.1, 0.15) is 6.26 Å². The monoisotopic (exact) mass is 277 g/mol. The van der Waals surface area contributed by atoms with Gasteiger partial charge in [-0.1, -0.05) is 6.07 Å². The maximum absolute atomic E-state index is 5.77. The molecule has 1 saturated heterocycles. The third-order valence-corrected chi connectivity index (χ3v) is 4.46. The Hall–Kier alpha value is -1.17. The average Bonchev–Trinajstić information content (AvgIpc) is 3.09. The molecule has 0 spiro atoms. The van der Waals surface area contributed by atoms with Crippen LogP contribution in [0, 0.1) is 5.92 Å². The van der Waals surface area contributed by atoms with Crippen molar-refractivity contribution in [3.8, 4) is 10.8 Å². The zero-order valence-electron chi connectivity index (χ0n) is 10.9. The summed E-state index contributed by atoms with van der Waals surface area (Å²) < 4.78 is 5.55. The summed E-state index contributed by atoms with van der Waals surface area (Å²) in [5.41, 5.74) is 6.78. The van der Waals surface area contributed by atoms with Crippen molar-refractivity contribution in [3.63, 3.8) is 0 Å². The quantitative estimate of drug-likeness (QED) is 0.933. The molecule has 0 bridgehead atoms. The van der Waals surface area contributed by atoms with Gasteiger partial charge in [-0.3, -0.25) is 4.90 Å². The molecule has 0 amide bonds. The Balaban J connectivity index is 1.64. The summed E-state index contributed by atoms with van der Waals surface area (Å²) in [4.78, 5) is 8.08. The molecule has 0 aliphatic carbocycles. The lowest BCUT2D eigenvalue weighted by Gasteiger charge is -2.31. The standard InChI is InChI=1S/C14H19N3OS/c15-7-11-3-1-5-17(8-11)9-12-10-18-14(16-12)13-4-2-6-19-13/h2,4,6,10-11H,1,3,5,7-9,15H2. The summed E-state index contributed by atoms with van der Waals surface area (Å²) in [5, 5.41) is 2.04. The van der Waals surface area contributed by atoms with Gasteiger partial charge in [-0.05, 0) is 43.3 Å². The van der Waals surface area contributed by atoms with Crippen LogP contribution in [0.15, 0.2) is 28.2 Å². The van der Waals surface area contributed by atoms with Gasteiger partial charge in [-0.2, -0.15) is 0 Å². The van der Waals surface area contributed by atoms with Crippen LogP contribution in [0.25, 0.3) is 10.8 Å². The lowest BCUT2D eigenvalue weighted by atomic mass is 9.98. The van der Waals surface area contributed by atoms with Gasteiger partial charge in [0.15, 0.2) is 0 Å². The Morgan fingerprint density at radius 3 is 3.26 bits per heavy atom. The van der Waals surface area contributed by atoms with Gasteiger partial charge in [-0.25, -0.2) is 4.98 Å². The molecule has 1 unspecified atom stereocenters. The molecular formula is C14H19N3OS. The number of aromatic nitrogens is 1. The molecule has 1 aliphatic heterocycles. The molecular weight excluding hydrogens is 258 g/mol. The van der Waals surface area contributed by atoms with Crippen molar-refractivity contribution in [1.82, 2.24) is 9.88 Å². The number of nitrogens with two attached hydrogens (primary N) is 1. The average molecular weight is 277 g/mol. The van der Waals surface area contributed by atoms with E-state index in [1.54, 1.807) is 17.6 Å². The molecule has 102 valence electrons. The number of likely N-dealkylation sites (tertiary alicyclic amines) is 1. The summed E-state index contributed by atoms with van der Waals surface area (Å²) in [6.45, 7) is 3.87. The molecule has 4 nitrogen and oxygen atoms in total. The van der Waals surface area contributed by atoms with Crippen LogP contribution >= 0.6 is 11.3 Å². The van der Waals surface area contributed by atoms with Gasteiger partial charge in [-0.15, -0.1) is 11.3 Å². The topological polar surface area (TPSA) is 55.3 Å². The maximum Gasteiger partial charge on any atom is 0.236 e. The Labute approximate surface area is 117 Å². The van der Waals surface area contributed by atoms with Gasteiger partial charge in [0, 0.05) is 13.1 Å². The van der Waals surface area contributed by atoms with Crippen molar-refractivity contribution in [2.45, 2.75) is 19.4 Å². The second-order valence-electron chi connectivity index (χ2n) is 5.10. The van der Waals surface area contributed by atoms with Crippen LogP contribution < -0.4 is 5.73 Å². The van der Waals surface area contributed by atoms with Crippen molar-refractivity contribution in [3.05, 3.63) is 29.5 Å². The molecule has 1 aliphatic rings. The molecule has 1 fully saturated rings. The van der Waals surface area contributed by atoms with Gasteiger partial charge in [0.2, 0.25) is 5.89 Å². The molecule has 19 heavy (non-hydrogen) atoms. The Kier molecular flexibility index (Phi) is 3.96. The predicted molar refractivity (Wildman–Crippen MR) is 76.9 cm³/mol. The van der Waals surface area contributed by atoms with Crippen LogP contribution in [0.4, 0.5) is 0 Å². The summed E-state index contributed by atoms with van der Waals surface area (Å²) in [5.74, 6) is 1.37. The molecule has 5 heteroatoms. The summed E-state index contributed by atoms with van der Waals surface area (Å²) in [6.07, 6.45) is 4.27. The van der Waals surface area contributed by atoms with Gasteiger partial charge >= 0.3 is 0 Å². The molecule has 3 rings (SSSR count). The van der Waals surface area contributed by atoms with Gasteiger partial charge in [0.25, 0.3) is 0 Å². The Morgan fingerprint density at radius 1 is 1.53 bits per heavy atom. The Bertz CT molecular complexity index is 509. The molecule has 3 heterocycles. The van der Waals surface area contributed by atoms with E-state index in [2.05, 4.69) is 9.88 Å². The molecule has 0 saturated carbocycles. The zero-order valence-corrected chi connectivity index (χ0v) is 11.7. The van der Waals surface area contributed by atoms with E-state index in [0.29, 0.717) is 5.92 Å². The highest BCUT2D eigenvalue weighted by atomic mass is 32.1. The molecule has 1 atom stereocenters. The minimum Gasteiger partial charge on any atom is -0.444 e. The van der Waals surface area contributed by atoms with E-state index in [1.807, 2.05) is 17.5 Å². The van der Waals surface area contributed by atoms with Crippen LogP contribution in [0.1, 0.15) is 18.5 Å². The SMILES string of the molecule is NCC1CCCN(Cc2coc(-c3cccs3)n2)C1. The zero-order chi connectivity index (χ0) is 13.1. The fraction of sp³-hybridized carbons (Fsp3) is 0.500. The van der Waals surface area contributed by atoms with E-state index in [4.69, 9.17) is 10.2 Å². The van der Waals surface area contributed by atoms with Crippen molar-refractivity contribution in [2.24, 2.45) is 11.7 Å². The maximum atomic E-state index is 5.77. The number of hydrogen-bond acceptors (Lipinski definition) is 5. The number of oxazole rings is 1. The van der Waals surface area contributed by atoms with Crippen LogP contribution in [0.5, 0.6) is 0 Å². The normalized spacial score (nSPS) is 20.8. The summed E-state index contributed by atoms with van der Waals surface area (Å²) in [6, 6.07) is 4.05. The number of rotatable bonds is 4. The summed E-state index contributed by atoms with van der Waals surface area (Å²) in [7, 11) is 0. The van der Waals surface area contributed by atoms with Gasteiger partial charge < -0.3 is 10.2 Å². The minimum absolute atomic E-state index is 0.636. The fourth-order valence-electron chi connectivity index (χ4n) is 2.61. The van der Waals surface area contributed by atoms with E-state index in [9.17, 15) is 0 Å². The largest absolute Gasteiger partial charge is 0.444 e. The third kappa shape index (κ3) is 3.05. The van der Waals surface area contributed by atoms with Crippen LogP contribution in [-0.4, -0.2) is 29.5 Å². The van der Waals surface area contributed by atoms with Crippen LogP contribution in [0.2, 0.25) is 0 Å². The first-order valence-electron chi connectivity index (χ1n) is 6.76. The lowest BCUT2D eigenvalue weighted by Crippen LogP contribution is -2.37. The predicted octanol–water partition coefficient (Wildman–Crippen LogP) is 2.57. The first-order valence-corrected chi connectivity index (χ1v) is 7.64. The number of nitrogens with zero attached hydrogens (tertiary/aromatic N) is 2. The smallest absolute Gasteiger partial charge is 0.236 e. The third-order valence-electron chi connectivity index (χ3n) is 3.61. The first kappa shape index (κ1) is 12.8. The van der Waals surface area contributed by atoms with Crippen LogP contribution in [0.3, 0.4) is 0 Å². The molecule has 0 radical (unpaired) electrons. The highest BCUT2D eigenvalue weighted by Gasteiger charge is 2.20. The first-order chi connectivity index (χ1) is 9.35. The molecule has 2 aromatic rings. The summed E-state index contributed by atoms with van der Waals surface area (Å²) >= 11 is 1.65. The molecule has 0 aromatic carbocycles. The fourth-order valence-corrected chi connectivity index (χ4v) is 3.26. The van der Waals surface area contributed by atoms with E-state index >= 15 is 0 Å². The highest BCUT2D eigenvalue weighted by Crippen LogP contribution is 2.24. The van der Waals surface area contributed by atoms with E-state index in [1.165, 1.54) is 12.8 Å². The van der Waals surface area contributed by atoms with Crippen molar-refractivity contribution >= 4 is 11.3 Å². The lowest BCUT2D eigenvalue weighted by molar-refractivity contribution is 0.169. The number of thiophene rings is 1. The molecule has 2 N–H and O–H groups in total. The van der Waals surface area contributed by atoms with Crippen LogP contribution in [-0.2, 0) is 6.54 Å². The highest BCUT2D eigenvalue weighted by molar-refractivity contribution is 7.13. The van der Waals surface area contributed by atoms with E-state index in [-0.39, 0.29) is 0 Å². The van der Waals surface area contributed by atoms with Gasteiger partial charge in [0.05, 0.1) is 10.6 Å². The number of hydrogen-bond donors (Lipinski definition) is 1. The van der Waals surface area contributed by atoms with Crippen molar-refractivity contribution in [2.75, 3.05) is 19.6 Å².